The van der Waals surface area contributed by atoms with Crippen LogP contribution in [0.3, 0.4) is 0 Å². The minimum atomic E-state index is 0.813. The standard InChI is InChI=1S/C7H7N3S/c1-5-6(11)7-8-3-2-4-10(7)9-5/h2-4,11H,1H3. The summed E-state index contributed by atoms with van der Waals surface area (Å²) in [5.74, 6) is 0. The van der Waals surface area contributed by atoms with E-state index in [0.717, 1.165) is 16.2 Å². The second-order valence-electron chi connectivity index (χ2n) is 2.32. The smallest absolute Gasteiger partial charge is 0.168 e. The van der Waals surface area contributed by atoms with Crippen LogP contribution >= 0.6 is 12.6 Å². The third-order valence-corrected chi connectivity index (χ3v) is 2.06. The maximum absolute atomic E-state index is 4.27. The van der Waals surface area contributed by atoms with Crippen molar-refractivity contribution >= 4 is 18.3 Å². The molecule has 2 aromatic rings. The van der Waals surface area contributed by atoms with Crippen molar-refractivity contribution in [3.05, 3.63) is 24.2 Å². The zero-order chi connectivity index (χ0) is 7.84. The second kappa shape index (κ2) is 2.23. The number of fused-ring (bicyclic) bond motifs is 1. The number of nitrogens with zero attached hydrogens (tertiary/aromatic N) is 3. The van der Waals surface area contributed by atoms with Crippen LogP contribution in [0.25, 0.3) is 5.65 Å². The molecule has 0 aliphatic rings. The molecule has 0 aromatic carbocycles. The van der Waals surface area contributed by atoms with Gasteiger partial charge in [0.25, 0.3) is 0 Å². The summed E-state index contributed by atoms with van der Waals surface area (Å²) in [6.45, 7) is 1.91. The number of hydrogen-bond acceptors (Lipinski definition) is 3. The first-order valence-electron chi connectivity index (χ1n) is 3.28. The van der Waals surface area contributed by atoms with Gasteiger partial charge in [0.15, 0.2) is 5.65 Å². The molecular formula is C7H7N3S. The van der Waals surface area contributed by atoms with E-state index in [4.69, 9.17) is 0 Å². The fourth-order valence-corrected chi connectivity index (χ4v) is 1.19. The average Bonchev–Trinajstić information content (AvgIpc) is 2.30. The maximum Gasteiger partial charge on any atom is 0.168 e. The van der Waals surface area contributed by atoms with Gasteiger partial charge in [0, 0.05) is 12.4 Å². The van der Waals surface area contributed by atoms with Crippen molar-refractivity contribution in [1.29, 1.82) is 0 Å². The molecule has 0 saturated carbocycles. The van der Waals surface area contributed by atoms with Crippen molar-refractivity contribution in [2.75, 3.05) is 0 Å². The Morgan fingerprint density at radius 1 is 1.55 bits per heavy atom. The van der Waals surface area contributed by atoms with Crippen molar-refractivity contribution in [3.8, 4) is 0 Å². The van der Waals surface area contributed by atoms with E-state index in [1.807, 2.05) is 19.2 Å². The molecule has 2 aromatic heterocycles. The Labute approximate surface area is 69.5 Å². The lowest BCUT2D eigenvalue weighted by atomic mass is 10.5. The lowest BCUT2D eigenvalue weighted by molar-refractivity contribution is 0.916. The molecule has 0 atom stereocenters. The van der Waals surface area contributed by atoms with Crippen LogP contribution in [0.4, 0.5) is 0 Å². The molecule has 11 heavy (non-hydrogen) atoms. The van der Waals surface area contributed by atoms with Crippen LogP contribution in [0.1, 0.15) is 5.69 Å². The van der Waals surface area contributed by atoms with Crippen molar-refractivity contribution in [2.45, 2.75) is 11.8 Å². The largest absolute Gasteiger partial charge is 0.236 e. The summed E-state index contributed by atoms with van der Waals surface area (Å²) in [6.07, 6.45) is 3.59. The zero-order valence-corrected chi connectivity index (χ0v) is 6.92. The number of aromatic nitrogens is 3. The monoisotopic (exact) mass is 165 g/mol. The van der Waals surface area contributed by atoms with Gasteiger partial charge in [0.2, 0.25) is 0 Å². The Kier molecular flexibility index (Phi) is 1.35. The van der Waals surface area contributed by atoms with Crippen LogP contribution < -0.4 is 0 Å². The Balaban J connectivity index is 2.92. The Bertz CT molecular complexity index is 393. The Morgan fingerprint density at radius 2 is 2.36 bits per heavy atom. The normalized spacial score (nSPS) is 10.7. The summed E-state index contributed by atoms with van der Waals surface area (Å²) in [7, 11) is 0. The molecule has 0 bridgehead atoms. The van der Waals surface area contributed by atoms with Crippen LogP contribution in [0, 0.1) is 6.92 Å². The molecule has 2 rings (SSSR count). The Hall–Kier alpha value is -1.03. The summed E-state index contributed by atoms with van der Waals surface area (Å²) in [4.78, 5) is 4.98. The minimum absolute atomic E-state index is 0.813. The van der Waals surface area contributed by atoms with Gasteiger partial charge in [-0.25, -0.2) is 9.50 Å². The van der Waals surface area contributed by atoms with Crippen LogP contribution in [0.15, 0.2) is 23.4 Å². The molecule has 2 heterocycles. The van der Waals surface area contributed by atoms with E-state index in [0.29, 0.717) is 0 Å². The van der Waals surface area contributed by atoms with Crippen LogP contribution in [-0.4, -0.2) is 14.6 Å². The van der Waals surface area contributed by atoms with E-state index in [1.54, 1.807) is 10.7 Å². The van der Waals surface area contributed by atoms with E-state index in [-0.39, 0.29) is 0 Å². The first-order valence-corrected chi connectivity index (χ1v) is 3.72. The van der Waals surface area contributed by atoms with Crippen LogP contribution in [-0.2, 0) is 0 Å². The maximum atomic E-state index is 4.27. The van der Waals surface area contributed by atoms with Crippen molar-refractivity contribution in [3.63, 3.8) is 0 Å². The quantitative estimate of drug-likeness (QED) is 0.597. The zero-order valence-electron chi connectivity index (χ0n) is 6.02. The highest BCUT2D eigenvalue weighted by Gasteiger charge is 2.03. The fourth-order valence-electron chi connectivity index (χ4n) is 0.985. The third kappa shape index (κ3) is 0.903. The van der Waals surface area contributed by atoms with Gasteiger partial charge in [-0.3, -0.25) is 0 Å². The molecule has 4 heteroatoms. The van der Waals surface area contributed by atoms with Gasteiger partial charge in [-0.1, -0.05) is 0 Å². The predicted molar refractivity (Wildman–Crippen MR) is 45.0 cm³/mol. The van der Waals surface area contributed by atoms with Gasteiger partial charge < -0.3 is 0 Å². The fraction of sp³-hybridized carbons (Fsp3) is 0.143. The minimum Gasteiger partial charge on any atom is -0.236 e. The number of thiol groups is 1. The molecule has 0 aliphatic heterocycles. The average molecular weight is 165 g/mol. The summed E-state index contributed by atoms with van der Waals surface area (Å²) < 4.78 is 1.72. The molecule has 0 saturated heterocycles. The van der Waals surface area contributed by atoms with Gasteiger partial charge in [0.05, 0.1) is 10.6 Å². The van der Waals surface area contributed by atoms with E-state index in [9.17, 15) is 0 Å². The Morgan fingerprint density at radius 3 is 3.09 bits per heavy atom. The highest BCUT2D eigenvalue weighted by atomic mass is 32.1. The molecule has 56 valence electrons. The third-order valence-electron chi connectivity index (χ3n) is 1.54. The van der Waals surface area contributed by atoms with E-state index < -0.39 is 0 Å². The van der Waals surface area contributed by atoms with Gasteiger partial charge in [-0.2, -0.15) is 5.10 Å². The summed E-state index contributed by atoms with van der Waals surface area (Å²) in [5.41, 5.74) is 1.72. The second-order valence-corrected chi connectivity index (χ2v) is 2.77. The van der Waals surface area contributed by atoms with Crippen LogP contribution in [0.5, 0.6) is 0 Å². The molecule has 0 N–H and O–H groups in total. The summed E-state index contributed by atoms with van der Waals surface area (Å²) in [6, 6.07) is 1.84. The van der Waals surface area contributed by atoms with Crippen LogP contribution in [0.2, 0.25) is 0 Å². The number of rotatable bonds is 0. The molecule has 0 amide bonds. The van der Waals surface area contributed by atoms with Crippen molar-refractivity contribution in [1.82, 2.24) is 14.6 Å². The van der Waals surface area contributed by atoms with Gasteiger partial charge >= 0.3 is 0 Å². The molecule has 0 radical (unpaired) electrons. The molecule has 0 aliphatic carbocycles. The molecule has 0 spiro atoms. The molecule has 0 unspecified atom stereocenters. The predicted octanol–water partition coefficient (Wildman–Crippen LogP) is 1.33. The lowest BCUT2D eigenvalue weighted by Gasteiger charge is -1.88. The molecule has 3 nitrogen and oxygen atoms in total. The highest BCUT2D eigenvalue weighted by Crippen LogP contribution is 2.15. The molecular weight excluding hydrogens is 158 g/mol. The lowest BCUT2D eigenvalue weighted by Crippen LogP contribution is -1.86. The van der Waals surface area contributed by atoms with E-state index in [1.165, 1.54) is 0 Å². The number of hydrogen-bond donors (Lipinski definition) is 1. The summed E-state index contributed by atoms with van der Waals surface area (Å²) >= 11 is 4.27. The first kappa shape index (κ1) is 6.67. The summed E-state index contributed by atoms with van der Waals surface area (Å²) in [5, 5.41) is 4.19. The first-order chi connectivity index (χ1) is 5.29. The SMILES string of the molecule is Cc1nn2cccnc2c1S. The van der Waals surface area contributed by atoms with E-state index in [2.05, 4.69) is 22.7 Å². The van der Waals surface area contributed by atoms with E-state index >= 15 is 0 Å². The van der Waals surface area contributed by atoms with Crippen molar-refractivity contribution in [2.24, 2.45) is 0 Å². The highest BCUT2D eigenvalue weighted by molar-refractivity contribution is 7.80. The van der Waals surface area contributed by atoms with Gasteiger partial charge in [-0.15, -0.1) is 12.6 Å². The van der Waals surface area contributed by atoms with Gasteiger partial charge in [-0.05, 0) is 13.0 Å². The topological polar surface area (TPSA) is 30.2 Å². The van der Waals surface area contributed by atoms with Gasteiger partial charge in [0.1, 0.15) is 0 Å². The van der Waals surface area contributed by atoms with Crippen molar-refractivity contribution < 1.29 is 0 Å². The molecule has 0 fully saturated rings. The number of aryl methyl sites for hydroxylation is 1.